The maximum atomic E-state index is 12.0. The van der Waals surface area contributed by atoms with Crippen molar-refractivity contribution in [1.82, 2.24) is 0 Å². The van der Waals surface area contributed by atoms with Gasteiger partial charge >= 0.3 is 6.18 Å². The molecule has 1 rings (SSSR count). The zero-order valence-corrected chi connectivity index (χ0v) is 6.05. The second-order valence-corrected chi connectivity index (χ2v) is 2.12. The van der Waals surface area contributed by atoms with E-state index in [1.807, 2.05) is 0 Å². The SMILES string of the molecule is N#Cc1cc(C=O)oc1C(F)(F)F. The highest BCUT2D eigenvalue weighted by atomic mass is 19.4. The Labute approximate surface area is 70.4 Å². The van der Waals surface area contributed by atoms with E-state index in [-0.39, 0.29) is 6.29 Å². The van der Waals surface area contributed by atoms with Crippen molar-refractivity contribution in [2.24, 2.45) is 0 Å². The van der Waals surface area contributed by atoms with E-state index in [0.29, 0.717) is 0 Å². The zero-order chi connectivity index (χ0) is 10.1. The van der Waals surface area contributed by atoms with Gasteiger partial charge in [-0.1, -0.05) is 0 Å². The van der Waals surface area contributed by atoms with Crippen LogP contribution in [0, 0.1) is 11.3 Å². The molecule has 3 nitrogen and oxygen atoms in total. The Bertz CT molecular complexity index is 372. The smallest absolute Gasteiger partial charge is 0.447 e. The highest BCUT2D eigenvalue weighted by molar-refractivity contribution is 5.71. The van der Waals surface area contributed by atoms with Gasteiger partial charge in [-0.3, -0.25) is 4.79 Å². The summed E-state index contributed by atoms with van der Waals surface area (Å²) in [5.74, 6) is -1.94. The summed E-state index contributed by atoms with van der Waals surface area (Å²) in [5, 5.41) is 8.26. The molecule has 0 saturated carbocycles. The van der Waals surface area contributed by atoms with E-state index in [1.165, 1.54) is 6.07 Å². The van der Waals surface area contributed by atoms with Crippen LogP contribution < -0.4 is 0 Å². The molecule has 13 heavy (non-hydrogen) atoms. The molecule has 1 aromatic heterocycles. The van der Waals surface area contributed by atoms with E-state index in [4.69, 9.17) is 5.26 Å². The zero-order valence-electron chi connectivity index (χ0n) is 6.05. The maximum absolute atomic E-state index is 12.0. The molecule has 0 fully saturated rings. The number of halogens is 3. The van der Waals surface area contributed by atoms with Gasteiger partial charge in [0.1, 0.15) is 11.6 Å². The standard InChI is InChI=1S/C7H2F3NO2/c8-7(9,10)6-4(2-11)1-5(3-12)13-6/h1,3H. The second kappa shape index (κ2) is 2.94. The molecule has 0 unspecified atom stereocenters. The molecule has 1 heterocycles. The first-order valence-electron chi connectivity index (χ1n) is 3.05. The number of carbonyl (C=O) groups is 1. The summed E-state index contributed by atoms with van der Waals surface area (Å²) in [6.45, 7) is 0. The minimum Gasteiger partial charge on any atom is -0.447 e. The fourth-order valence-corrected chi connectivity index (χ4v) is 0.762. The second-order valence-electron chi connectivity index (χ2n) is 2.12. The lowest BCUT2D eigenvalue weighted by molar-refractivity contribution is -0.153. The highest BCUT2D eigenvalue weighted by Crippen LogP contribution is 2.33. The Hall–Kier alpha value is -1.77. The fraction of sp³-hybridized carbons (Fsp3) is 0.143. The Morgan fingerprint density at radius 2 is 2.15 bits per heavy atom. The third kappa shape index (κ3) is 1.69. The van der Waals surface area contributed by atoms with Crippen LogP contribution in [-0.2, 0) is 6.18 Å². The normalized spacial score (nSPS) is 10.9. The van der Waals surface area contributed by atoms with Crippen LogP contribution >= 0.6 is 0 Å². The van der Waals surface area contributed by atoms with Crippen LogP contribution in [0.2, 0.25) is 0 Å². The molecule has 0 amide bonds. The number of furan rings is 1. The van der Waals surface area contributed by atoms with Crippen molar-refractivity contribution in [1.29, 1.82) is 5.26 Å². The minimum atomic E-state index is -4.74. The van der Waals surface area contributed by atoms with Gasteiger partial charge in [-0.25, -0.2) is 0 Å². The summed E-state index contributed by atoms with van der Waals surface area (Å²) in [7, 11) is 0. The molecule has 6 heteroatoms. The largest absolute Gasteiger partial charge is 0.450 e. The first-order chi connectivity index (χ1) is 5.99. The summed E-state index contributed by atoms with van der Waals surface area (Å²) < 4.78 is 40.2. The summed E-state index contributed by atoms with van der Waals surface area (Å²) in [4.78, 5) is 10.0. The Morgan fingerprint density at radius 1 is 1.54 bits per heavy atom. The van der Waals surface area contributed by atoms with E-state index in [9.17, 15) is 18.0 Å². The molecule has 0 aliphatic carbocycles. The Kier molecular flexibility index (Phi) is 2.10. The average molecular weight is 189 g/mol. The molecule has 0 radical (unpaired) electrons. The van der Waals surface area contributed by atoms with Crippen LogP contribution in [0.4, 0.5) is 13.2 Å². The monoisotopic (exact) mass is 189 g/mol. The van der Waals surface area contributed by atoms with Crippen molar-refractivity contribution < 1.29 is 22.4 Å². The molecule has 0 aromatic carbocycles. The van der Waals surface area contributed by atoms with Crippen molar-refractivity contribution in [2.45, 2.75) is 6.18 Å². The van der Waals surface area contributed by atoms with Crippen LogP contribution in [0.5, 0.6) is 0 Å². The van der Waals surface area contributed by atoms with Gasteiger partial charge in [0, 0.05) is 6.07 Å². The van der Waals surface area contributed by atoms with E-state index >= 15 is 0 Å². The van der Waals surface area contributed by atoms with Crippen LogP contribution in [0.25, 0.3) is 0 Å². The number of rotatable bonds is 1. The van der Waals surface area contributed by atoms with Gasteiger partial charge in [-0.15, -0.1) is 0 Å². The lowest BCUT2D eigenvalue weighted by Crippen LogP contribution is -2.04. The van der Waals surface area contributed by atoms with Gasteiger partial charge in [0.2, 0.25) is 5.76 Å². The lowest BCUT2D eigenvalue weighted by atomic mass is 10.2. The number of aldehydes is 1. The molecule has 0 N–H and O–H groups in total. The van der Waals surface area contributed by atoms with Crippen LogP contribution in [0.1, 0.15) is 21.9 Å². The third-order valence-electron chi connectivity index (χ3n) is 1.25. The van der Waals surface area contributed by atoms with Crippen molar-refractivity contribution in [3.8, 4) is 6.07 Å². The van der Waals surface area contributed by atoms with Gasteiger partial charge in [0.15, 0.2) is 12.0 Å². The number of nitrogens with zero attached hydrogens (tertiary/aromatic N) is 1. The predicted molar refractivity (Wildman–Crippen MR) is 33.8 cm³/mol. The number of carbonyl (C=O) groups excluding carboxylic acids is 1. The fourth-order valence-electron chi connectivity index (χ4n) is 0.762. The summed E-state index contributed by atoms with van der Waals surface area (Å²) in [5.41, 5.74) is -0.686. The van der Waals surface area contributed by atoms with E-state index < -0.39 is 23.3 Å². The van der Waals surface area contributed by atoms with Gasteiger partial charge in [-0.05, 0) is 0 Å². The van der Waals surface area contributed by atoms with Gasteiger partial charge in [-0.2, -0.15) is 18.4 Å². The minimum absolute atomic E-state index is 0.107. The molecule has 0 aliphatic rings. The predicted octanol–water partition coefficient (Wildman–Crippen LogP) is 1.98. The average Bonchev–Trinajstić information content (AvgIpc) is 2.46. The first-order valence-corrected chi connectivity index (χ1v) is 3.05. The van der Waals surface area contributed by atoms with Crippen LogP contribution in [0.15, 0.2) is 10.5 Å². The summed E-state index contributed by atoms with van der Waals surface area (Å²) >= 11 is 0. The first kappa shape index (κ1) is 9.32. The molecule has 0 saturated heterocycles. The summed E-state index contributed by atoms with van der Waals surface area (Å²) in [6, 6.07) is 2.03. The Balaban J connectivity index is 3.29. The Morgan fingerprint density at radius 3 is 2.46 bits per heavy atom. The van der Waals surface area contributed by atoms with Crippen molar-refractivity contribution in [3.05, 3.63) is 23.2 Å². The van der Waals surface area contributed by atoms with Crippen LogP contribution in [0.3, 0.4) is 0 Å². The summed E-state index contributed by atoms with van der Waals surface area (Å²) in [6.07, 6.45) is -4.64. The van der Waals surface area contributed by atoms with E-state index in [0.717, 1.165) is 6.07 Å². The molecule has 0 aliphatic heterocycles. The van der Waals surface area contributed by atoms with Gasteiger partial charge < -0.3 is 4.42 Å². The lowest BCUT2D eigenvalue weighted by Gasteiger charge is -2.00. The molecular formula is C7H2F3NO2. The van der Waals surface area contributed by atoms with Gasteiger partial charge in [0.25, 0.3) is 0 Å². The molecule has 0 bridgehead atoms. The van der Waals surface area contributed by atoms with Crippen molar-refractivity contribution in [3.63, 3.8) is 0 Å². The van der Waals surface area contributed by atoms with Gasteiger partial charge in [0.05, 0.1) is 0 Å². The molecule has 0 atom stereocenters. The number of hydrogen-bond acceptors (Lipinski definition) is 3. The maximum Gasteiger partial charge on any atom is 0.450 e. The number of hydrogen-bond donors (Lipinski definition) is 0. The molecular weight excluding hydrogens is 187 g/mol. The topological polar surface area (TPSA) is 54.0 Å². The molecule has 68 valence electrons. The number of nitriles is 1. The number of alkyl halides is 3. The third-order valence-corrected chi connectivity index (χ3v) is 1.25. The van der Waals surface area contributed by atoms with E-state index in [2.05, 4.69) is 4.42 Å². The van der Waals surface area contributed by atoms with Crippen LogP contribution in [-0.4, -0.2) is 6.29 Å². The van der Waals surface area contributed by atoms with Crippen molar-refractivity contribution >= 4 is 6.29 Å². The highest BCUT2D eigenvalue weighted by Gasteiger charge is 2.38. The molecule has 1 aromatic rings. The quantitative estimate of drug-likeness (QED) is 0.634. The molecule has 0 spiro atoms. The van der Waals surface area contributed by atoms with Crippen molar-refractivity contribution in [2.75, 3.05) is 0 Å². The van der Waals surface area contributed by atoms with E-state index in [1.54, 1.807) is 0 Å².